The van der Waals surface area contributed by atoms with Crippen molar-refractivity contribution in [3.05, 3.63) is 18.0 Å². The van der Waals surface area contributed by atoms with E-state index in [1.54, 1.807) is 0 Å². The van der Waals surface area contributed by atoms with Gasteiger partial charge in [-0.15, -0.1) is 0 Å². The summed E-state index contributed by atoms with van der Waals surface area (Å²) >= 11 is 0. The van der Waals surface area contributed by atoms with Crippen LogP contribution >= 0.6 is 0 Å². The van der Waals surface area contributed by atoms with Crippen molar-refractivity contribution in [1.29, 1.82) is 0 Å². The average Bonchev–Trinajstić information content (AvgIpc) is 2.65. The smallest absolute Gasteiger partial charge is 0.315 e. The first-order valence-corrected chi connectivity index (χ1v) is 5.34. The van der Waals surface area contributed by atoms with Crippen LogP contribution < -0.4 is 5.32 Å². The molecule has 3 nitrogen and oxygen atoms in total. The predicted molar refractivity (Wildman–Crippen MR) is 55.0 cm³/mol. The first kappa shape index (κ1) is 13.0. The van der Waals surface area contributed by atoms with E-state index >= 15 is 0 Å². The second-order valence-electron chi connectivity index (χ2n) is 3.59. The zero-order valence-corrected chi connectivity index (χ0v) is 9.22. The quantitative estimate of drug-likeness (QED) is 0.767. The van der Waals surface area contributed by atoms with E-state index in [4.69, 9.17) is 0 Å². The third-order valence-corrected chi connectivity index (χ3v) is 2.19. The van der Waals surface area contributed by atoms with Gasteiger partial charge in [-0.1, -0.05) is 13.3 Å². The summed E-state index contributed by atoms with van der Waals surface area (Å²) in [6.45, 7) is 4.08. The monoisotopic (exact) mass is 235 g/mol. The normalized spacial score (nSPS) is 12.0. The molecule has 0 unspecified atom stereocenters. The van der Waals surface area contributed by atoms with Crippen molar-refractivity contribution >= 4 is 0 Å². The molecule has 1 rings (SSSR count). The van der Waals surface area contributed by atoms with Gasteiger partial charge in [-0.25, -0.2) is 0 Å². The summed E-state index contributed by atoms with van der Waals surface area (Å²) in [4.78, 5) is 0. The molecule has 1 heterocycles. The SMILES string of the molecule is CCCCNCCn1cc(C(F)(F)F)cn1. The minimum Gasteiger partial charge on any atom is -0.315 e. The number of unbranched alkanes of at least 4 members (excludes halogenated alkanes) is 1. The van der Waals surface area contributed by atoms with Gasteiger partial charge in [0.15, 0.2) is 0 Å². The van der Waals surface area contributed by atoms with Crippen LogP contribution in [-0.2, 0) is 12.7 Å². The molecule has 0 radical (unpaired) electrons. The van der Waals surface area contributed by atoms with Crippen LogP contribution in [0.25, 0.3) is 0 Å². The van der Waals surface area contributed by atoms with Crippen molar-refractivity contribution in [1.82, 2.24) is 15.1 Å². The molecule has 92 valence electrons. The second-order valence-corrected chi connectivity index (χ2v) is 3.59. The largest absolute Gasteiger partial charge is 0.419 e. The van der Waals surface area contributed by atoms with Crippen LogP contribution in [0.15, 0.2) is 12.4 Å². The molecule has 0 saturated heterocycles. The standard InChI is InChI=1S/C10H16F3N3/c1-2-3-4-14-5-6-16-8-9(7-15-16)10(11,12)13/h7-8,14H,2-6H2,1H3. The molecule has 0 aliphatic heterocycles. The Morgan fingerprint density at radius 3 is 2.69 bits per heavy atom. The second kappa shape index (κ2) is 5.89. The molecule has 0 amide bonds. The van der Waals surface area contributed by atoms with E-state index in [-0.39, 0.29) is 0 Å². The van der Waals surface area contributed by atoms with E-state index in [1.807, 2.05) is 0 Å². The van der Waals surface area contributed by atoms with Crippen LogP contribution in [0.5, 0.6) is 0 Å². The topological polar surface area (TPSA) is 29.9 Å². The van der Waals surface area contributed by atoms with E-state index in [1.165, 1.54) is 4.68 Å². The molecule has 16 heavy (non-hydrogen) atoms. The zero-order valence-electron chi connectivity index (χ0n) is 9.22. The first-order valence-electron chi connectivity index (χ1n) is 5.34. The maximum atomic E-state index is 12.2. The highest BCUT2D eigenvalue weighted by Gasteiger charge is 2.31. The molecule has 0 aliphatic rings. The summed E-state index contributed by atoms with van der Waals surface area (Å²) in [6, 6.07) is 0. The maximum Gasteiger partial charge on any atom is 0.419 e. The van der Waals surface area contributed by atoms with Crippen molar-refractivity contribution in [3.8, 4) is 0 Å². The molecule has 1 aromatic heterocycles. The number of alkyl halides is 3. The van der Waals surface area contributed by atoms with Crippen molar-refractivity contribution in [2.24, 2.45) is 0 Å². The lowest BCUT2D eigenvalue weighted by Gasteiger charge is -2.04. The number of rotatable bonds is 6. The molecule has 1 N–H and O–H groups in total. The van der Waals surface area contributed by atoms with Crippen LogP contribution in [0.3, 0.4) is 0 Å². The molecule has 0 aliphatic carbocycles. The number of halogens is 3. The third kappa shape index (κ3) is 4.22. The summed E-state index contributed by atoms with van der Waals surface area (Å²) < 4.78 is 38.0. The Morgan fingerprint density at radius 1 is 1.38 bits per heavy atom. The lowest BCUT2D eigenvalue weighted by atomic mass is 10.3. The van der Waals surface area contributed by atoms with Gasteiger partial charge in [-0.3, -0.25) is 4.68 Å². The fourth-order valence-electron chi connectivity index (χ4n) is 1.25. The van der Waals surface area contributed by atoms with Gasteiger partial charge >= 0.3 is 6.18 Å². The molecule has 0 fully saturated rings. The van der Waals surface area contributed by atoms with Gasteiger partial charge in [-0.05, 0) is 13.0 Å². The van der Waals surface area contributed by atoms with Gasteiger partial charge in [0.25, 0.3) is 0 Å². The highest BCUT2D eigenvalue weighted by atomic mass is 19.4. The number of nitrogens with zero attached hydrogens (tertiary/aromatic N) is 2. The molecular formula is C10H16F3N3. The van der Waals surface area contributed by atoms with Gasteiger partial charge in [0.2, 0.25) is 0 Å². The predicted octanol–water partition coefficient (Wildman–Crippen LogP) is 2.29. The molecule has 0 spiro atoms. The van der Waals surface area contributed by atoms with Gasteiger partial charge in [0, 0.05) is 12.7 Å². The van der Waals surface area contributed by atoms with Crippen LogP contribution in [-0.4, -0.2) is 22.9 Å². The van der Waals surface area contributed by atoms with Crippen LogP contribution in [0.4, 0.5) is 13.2 Å². The van der Waals surface area contributed by atoms with Gasteiger partial charge in [0.1, 0.15) is 0 Å². The number of aromatic nitrogens is 2. The van der Waals surface area contributed by atoms with Crippen molar-refractivity contribution in [2.75, 3.05) is 13.1 Å². The maximum absolute atomic E-state index is 12.2. The van der Waals surface area contributed by atoms with E-state index < -0.39 is 11.7 Å². The Bertz CT molecular complexity index is 307. The van der Waals surface area contributed by atoms with Crippen molar-refractivity contribution in [2.45, 2.75) is 32.5 Å². The summed E-state index contributed by atoms with van der Waals surface area (Å²) in [7, 11) is 0. The minimum atomic E-state index is -4.30. The van der Waals surface area contributed by atoms with Gasteiger partial charge in [0.05, 0.1) is 18.3 Å². The highest BCUT2D eigenvalue weighted by Crippen LogP contribution is 2.28. The lowest BCUT2D eigenvalue weighted by Crippen LogP contribution is -2.21. The lowest BCUT2D eigenvalue weighted by molar-refractivity contribution is -0.137. The third-order valence-electron chi connectivity index (χ3n) is 2.19. The van der Waals surface area contributed by atoms with Crippen molar-refractivity contribution < 1.29 is 13.2 Å². The Hall–Kier alpha value is -1.04. The minimum absolute atomic E-state index is 0.458. The Labute approximate surface area is 92.6 Å². The summed E-state index contributed by atoms with van der Waals surface area (Å²) in [5.41, 5.74) is -0.693. The van der Waals surface area contributed by atoms with E-state index in [2.05, 4.69) is 17.3 Å². The summed E-state index contributed by atoms with van der Waals surface area (Å²) in [6.07, 6.45) is -0.235. The highest BCUT2D eigenvalue weighted by molar-refractivity contribution is 5.08. The van der Waals surface area contributed by atoms with Gasteiger partial charge < -0.3 is 5.32 Å². The molecular weight excluding hydrogens is 219 g/mol. The van der Waals surface area contributed by atoms with E-state index in [0.29, 0.717) is 13.1 Å². The Morgan fingerprint density at radius 2 is 2.12 bits per heavy atom. The Kier molecular flexibility index (Phi) is 4.79. The molecule has 0 aromatic carbocycles. The molecule has 6 heteroatoms. The number of hydrogen-bond donors (Lipinski definition) is 1. The first-order chi connectivity index (χ1) is 7.54. The van der Waals surface area contributed by atoms with Crippen molar-refractivity contribution in [3.63, 3.8) is 0 Å². The average molecular weight is 235 g/mol. The molecule has 0 atom stereocenters. The molecule has 1 aromatic rings. The number of nitrogens with one attached hydrogen (secondary N) is 1. The molecule has 0 bridgehead atoms. The van der Waals surface area contributed by atoms with Gasteiger partial charge in [-0.2, -0.15) is 18.3 Å². The summed E-state index contributed by atoms with van der Waals surface area (Å²) in [5, 5.41) is 6.80. The van der Waals surface area contributed by atoms with Crippen LogP contribution in [0.1, 0.15) is 25.3 Å². The summed E-state index contributed by atoms with van der Waals surface area (Å²) in [5.74, 6) is 0. The van der Waals surface area contributed by atoms with E-state index in [0.717, 1.165) is 31.8 Å². The fraction of sp³-hybridized carbons (Fsp3) is 0.700. The van der Waals surface area contributed by atoms with E-state index in [9.17, 15) is 13.2 Å². The molecule has 0 saturated carbocycles. The Balaban J connectivity index is 2.30. The fourth-order valence-corrected chi connectivity index (χ4v) is 1.25. The van der Waals surface area contributed by atoms with Crippen LogP contribution in [0, 0.1) is 0 Å². The zero-order chi connectivity index (χ0) is 12.0. The number of hydrogen-bond acceptors (Lipinski definition) is 2. The van der Waals surface area contributed by atoms with Crippen LogP contribution in [0.2, 0.25) is 0 Å².